The molecule has 23 heavy (non-hydrogen) atoms. The molecular weight excluding hydrogens is 297 g/mol. The van der Waals surface area contributed by atoms with Crippen molar-refractivity contribution >= 4 is 5.91 Å². The molecule has 0 bridgehead atoms. The zero-order chi connectivity index (χ0) is 16.2. The molecule has 0 saturated heterocycles. The lowest BCUT2D eigenvalue weighted by Crippen LogP contribution is -2.39. The van der Waals surface area contributed by atoms with E-state index in [0.29, 0.717) is 18.5 Å². The normalized spacial score (nSPS) is 15.4. The third-order valence-electron chi connectivity index (χ3n) is 4.21. The van der Waals surface area contributed by atoms with Crippen LogP contribution in [-0.4, -0.2) is 28.4 Å². The highest BCUT2D eigenvalue weighted by Crippen LogP contribution is 2.25. The summed E-state index contributed by atoms with van der Waals surface area (Å²) in [5.41, 5.74) is 6.83. The van der Waals surface area contributed by atoms with Crippen LogP contribution in [0.25, 0.3) is 11.5 Å². The number of carbonyl (C=O) groups excluding carboxylic acids is 1. The molecule has 1 aliphatic carbocycles. The number of halogens is 1. The molecule has 0 aliphatic heterocycles. The second-order valence-corrected chi connectivity index (χ2v) is 5.96. The van der Waals surface area contributed by atoms with Crippen LogP contribution in [0.5, 0.6) is 0 Å². The average Bonchev–Trinajstić information content (AvgIpc) is 3.18. The van der Waals surface area contributed by atoms with E-state index in [0.717, 1.165) is 24.1 Å². The molecule has 1 heterocycles. The summed E-state index contributed by atoms with van der Waals surface area (Å²) in [4.78, 5) is 17.8. The molecule has 0 unspecified atom stereocenters. The quantitative estimate of drug-likeness (QED) is 0.889. The lowest BCUT2D eigenvalue weighted by Gasteiger charge is -2.26. The summed E-state index contributed by atoms with van der Waals surface area (Å²) in [6.07, 6.45) is 6.10. The van der Waals surface area contributed by atoms with Crippen LogP contribution < -0.4 is 5.73 Å². The molecule has 1 amide bonds. The number of amides is 1. The molecule has 0 atom stereocenters. The minimum atomic E-state index is -0.334. The van der Waals surface area contributed by atoms with Crippen LogP contribution in [0.2, 0.25) is 0 Å². The summed E-state index contributed by atoms with van der Waals surface area (Å²) in [5.74, 6) is -0.181. The van der Waals surface area contributed by atoms with E-state index in [1.165, 1.54) is 25.0 Å². The molecular formula is C17H20FN3O2. The minimum Gasteiger partial charge on any atom is -0.444 e. The van der Waals surface area contributed by atoms with E-state index in [1.54, 1.807) is 18.4 Å². The number of benzene rings is 1. The summed E-state index contributed by atoms with van der Waals surface area (Å²) in [5, 5.41) is 0. The first-order valence-electron chi connectivity index (χ1n) is 7.84. The van der Waals surface area contributed by atoms with E-state index in [2.05, 4.69) is 9.88 Å². The Balaban J connectivity index is 1.73. The van der Waals surface area contributed by atoms with E-state index in [4.69, 9.17) is 10.2 Å². The SMILES string of the molecule is NC(=O)CN(Cc1coc(-c2ccc(F)cc2)n1)C1CCCC1. The van der Waals surface area contributed by atoms with Crippen molar-refractivity contribution in [1.82, 2.24) is 9.88 Å². The Kier molecular flexibility index (Phi) is 4.71. The summed E-state index contributed by atoms with van der Waals surface area (Å²) < 4.78 is 18.5. The Bertz CT molecular complexity index is 663. The Morgan fingerprint density at radius 2 is 2.00 bits per heavy atom. The molecule has 1 fully saturated rings. The van der Waals surface area contributed by atoms with E-state index in [9.17, 15) is 9.18 Å². The van der Waals surface area contributed by atoms with Crippen LogP contribution in [0.4, 0.5) is 4.39 Å². The number of oxazole rings is 1. The Morgan fingerprint density at radius 3 is 2.65 bits per heavy atom. The van der Waals surface area contributed by atoms with Crippen molar-refractivity contribution < 1.29 is 13.6 Å². The van der Waals surface area contributed by atoms with E-state index < -0.39 is 0 Å². The Hall–Kier alpha value is -2.21. The number of nitrogens with two attached hydrogens (primary N) is 1. The van der Waals surface area contributed by atoms with Gasteiger partial charge in [-0.15, -0.1) is 0 Å². The van der Waals surface area contributed by atoms with Crippen LogP contribution in [0, 0.1) is 5.82 Å². The highest BCUT2D eigenvalue weighted by Gasteiger charge is 2.24. The lowest BCUT2D eigenvalue weighted by molar-refractivity contribution is -0.119. The molecule has 122 valence electrons. The van der Waals surface area contributed by atoms with Gasteiger partial charge in [0.1, 0.15) is 12.1 Å². The van der Waals surface area contributed by atoms with Gasteiger partial charge in [0.05, 0.1) is 12.2 Å². The van der Waals surface area contributed by atoms with Crippen LogP contribution in [0.1, 0.15) is 31.4 Å². The zero-order valence-corrected chi connectivity index (χ0v) is 12.9. The fourth-order valence-electron chi connectivity index (χ4n) is 3.10. The Labute approximate surface area is 134 Å². The molecule has 2 aromatic rings. The maximum absolute atomic E-state index is 13.0. The van der Waals surface area contributed by atoms with Gasteiger partial charge in [0.15, 0.2) is 0 Å². The smallest absolute Gasteiger partial charge is 0.231 e. The number of primary amides is 1. The van der Waals surface area contributed by atoms with Crippen LogP contribution in [0.15, 0.2) is 34.9 Å². The van der Waals surface area contributed by atoms with Crippen molar-refractivity contribution in [3.05, 3.63) is 42.0 Å². The highest BCUT2D eigenvalue weighted by atomic mass is 19.1. The predicted octanol–water partition coefficient (Wildman–Crippen LogP) is 2.71. The van der Waals surface area contributed by atoms with Crippen molar-refractivity contribution in [2.45, 2.75) is 38.3 Å². The molecule has 2 N–H and O–H groups in total. The summed E-state index contributed by atoms with van der Waals surface area (Å²) in [6, 6.07) is 6.37. The third-order valence-corrected chi connectivity index (χ3v) is 4.21. The Morgan fingerprint density at radius 1 is 1.30 bits per heavy atom. The second kappa shape index (κ2) is 6.91. The molecule has 1 aromatic heterocycles. The van der Waals surface area contributed by atoms with Crippen molar-refractivity contribution in [2.75, 3.05) is 6.54 Å². The summed E-state index contributed by atoms with van der Waals surface area (Å²) in [7, 11) is 0. The first-order valence-corrected chi connectivity index (χ1v) is 7.84. The van der Waals surface area contributed by atoms with E-state index in [1.807, 2.05) is 0 Å². The molecule has 3 rings (SSSR count). The first-order chi connectivity index (χ1) is 11.1. The van der Waals surface area contributed by atoms with Gasteiger partial charge in [-0.3, -0.25) is 9.69 Å². The first kappa shape index (κ1) is 15.7. The number of hydrogen-bond donors (Lipinski definition) is 1. The molecule has 1 aromatic carbocycles. The number of rotatable bonds is 6. The molecule has 1 saturated carbocycles. The van der Waals surface area contributed by atoms with Crippen molar-refractivity contribution in [3.63, 3.8) is 0 Å². The molecule has 0 spiro atoms. The number of hydrogen-bond acceptors (Lipinski definition) is 4. The summed E-state index contributed by atoms with van der Waals surface area (Å²) >= 11 is 0. The lowest BCUT2D eigenvalue weighted by atomic mass is 10.2. The maximum Gasteiger partial charge on any atom is 0.231 e. The van der Waals surface area contributed by atoms with Crippen LogP contribution in [-0.2, 0) is 11.3 Å². The van der Waals surface area contributed by atoms with Crippen molar-refractivity contribution in [1.29, 1.82) is 0 Å². The van der Waals surface area contributed by atoms with Gasteiger partial charge in [-0.1, -0.05) is 12.8 Å². The number of aromatic nitrogens is 1. The second-order valence-electron chi connectivity index (χ2n) is 5.96. The molecule has 1 aliphatic rings. The predicted molar refractivity (Wildman–Crippen MR) is 83.8 cm³/mol. The van der Waals surface area contributed by atoms with Gasteiger partial charge in [-0.2, -0.15) is 0 Å². The third kappa shape index (κ3) is 3.96. The maximum atomic E-state index is 13.0. The van der Waals surface area contributed by atoms with Crippen LogP contribution >= 0.6 is 0 Å². The zero-order valence-electron chi connectivity index (χ0n) is 12.9. The van der Waals surface area contributed by atoms with Crippen LogP contribution in [0.3, 0.4) is 0 Å². The van der Waals surface area contributed by atoms with Gasteiger partial charge in [0.25, 0.3) is 0 Å². The van der Waals surface area contributed by atoms with Gasteiger partial charge < -0.3 is 10.2 Å². The largest absolute Gasteiger partial charge is 0.444 e. The fourth-order valence-corrected chi connectivity index (χ4v) is 3.10. The number of carbonyl (C=O) groups is 1. The fraction of sp³-hybridized carbons (Fsp3) is 0.412. The van der Waals surface area contributed by atoms with Gasteiger partial charge in [0, 0.05) is 18.2 Å². The van der Waals surface area contributed by atoms with Gasteiger partial charge >= 0.3 is 0 Å². The number of nitrogens with zero attached hydrogens (tertiary/aromatic N) is 2. The van der Waals surface area contributed by atoms with E-state index >= 15 is 0 Å². The van der Waals surface area contributed by atoms with Gasteiger partial charge in [0.2, 0.25) is 11.8 Å². The molecule has 0 radical (unpaired) electrons. The van der Waals surface area contributed by atoms with Crippen molar-refractivity contribution in [2.24, 2.45) is 5.73 Å². The summed E-state index contributed by atoms with van der Waals surface area (Å²) in [6.45, 7) is 0.752. The van der Waals surface area contributed by atoms with Crippen molar-refractivity contribution in [3.8, 4) is 11.5 Å². The molecule has 6 heteroatoms. The highest BCUT2D eigenvalue weighted by molar-refractivity contribution is 5.76. The standard InChI is InChI=1S/C17H20FN3O2/c18-13-7-5-12(6-8-13)17-20-14(11-23-17)9-21(10-16(19)22)15-3-1-2-4-15/h5-8,11,15H,1-4,9-10H2,(H2,19,22). The topological polar surface area (TPSA) is 72.4 Å². The average molecular weight is 317 g/mol. The van der Waals surface area contributed by atoms with Gasteiger partial charge in [-0.25, -0.2) is 9.37 Å². The van der Waals surface area contributed by atoms with Gasteiger partial charge in [-0.05, 0) is 37.1 Å². The monoisotopic (exact) mass is 317 g/mol. The molecule has 5 nitrogen and oxygen atoms in total. The van der Waals surface area contributed by atoms with E-state index in [-0.39, 0.29) is 18.3 Å². The minimum absolute atomic E-state index is 0.226.